The predicted octanol–water partition coefficient (Wildman–Crippen LogP) is 3.39. The lowest BCUT2D eigenvalue weighted by Crippen LogP contribution is -2.33. The number of thiazole rings is 1. The fourth-order valence-electron chi connectivity index (χ4n) is 4.56. The third-order valence-corrected chi connectivity index (χ3v) is 7.15. The summed E-state index contributed by atoms with van der Waals surface area (Å²) < 4.78 is 17.6. The zero-order valence-corrected chi connectivity index (χ0v) is 17.7. The number of hydrogen-bond donors (Lipinski definition) is 2. The Morgan fingerprint density at radius 1 is 1.31 bits per heavy atom. The van der Waals surface area contributed by atoms with Crippen LogP contribution in [0.15, 0.2) is 23.6 Å². The summed E-state index contributed by atoms with van der Waals surface area (Å²) in [4.78, 5) is 4.46. The Kier molecular flexibility index (Phi) is 6.51. The molecule has 158 valence electrons. The van der Waals surface area contributed by atoms with E-state index in [1.807, 2.05) is 23.6 Å². The maximum Gasteiger partial charge on any atom is 0.122 e. The van der Waals surface area contributed by atoms with E-state index in [4.69, 9.17) is 14.2 Å². The molecule has 1 aliphatic heterocycles. The summed E-state index contributed by atoms with van der Waals surface area (Å²) in [6.45, 7) is 3.09. The minimum Gasteiger partial charge on any atom is -0.493 e. The summed E-state index contributed by atoms with van der Waals surface area (Å²) in [5.41, 5.74) is 2.99. The summed E-state index contributed by atoms with van der Waals surface area (Å²) in [6, 6.07) is 6.03. The van der Waals surface area contributed by atoms with Crippen molar-refractivity contribution in [1.29, 1.82) is 0 Å². The standard InChI is InChI=1S/C22H29NO5S/c1-13-7-16(4-3-14(13)10-26-2)27-11-18-17-5-6-20(28-21(17)8-19(18)25)22-23-15(9-24)12-29-22/h3-4,7,12,17-21,24-25H,5-6,8-11H2,1-2H3/t17-,18-,19-,20-,21+/m1/s1. The largest absolute Gasteiger partial charge is 0.493 e. The number of fused-ring (bicyclic) bond motifs is 1. The fraction of sp³-hybridized carbons (Fsp3) is 0.591. The molecule has 2 N–H and O–H groups in total. The molecule has 1 aromatic heterocycles. The molecular weight excluding hydrogens is 390 g/mol. The third kappa shape index (κ3) is 4.49. The van der Waals surface area contributed by atoms with Crippen LogP contribution in [0.3, 0.4) is 0 Å². The van der Waals surface area contributed by atoms with E-state index in [1.54, 1.807) is 7.11 Å². The summed E-state index contributed by atoms with van der Waals surface area (Å²) in [6.07, 6.45) is 2.09. The van der Waals surface area contributed by atoms with Crippen LogP contribution in [0, 0.1) is 18.8 Å². The Bertz CT molecular complexity index is 825. The molecule has 0 unspecified atom stereocenters. The number of ether oxygens (including phenoxy) is 3. The first-order chi connectivity index (χ1) is 14.1. The van der Waals surface area contributed by atoms with Crippen LogP contribution in [-0.4, -0.2) is 41.1 Å². The zero-order chi connectivity index (χ0) is 20.4. The van der Waals surface area contributed by atoms with Gasteiger partial charge in [-0.15, -0.1) is 11.3 Å². The van der Waals surface area contributed by atoms with Crippen molar-refractivity contribution in [2.45, 2.75) is 57.7 Å². The topological polar surface area (TPSA) is 81.0 Å². The molecule has 1 saturated carbocycles. The molecule has 6 nitrogen and oxygen atoms in total. The molecular formula is C22H29NO5S. The van der Waals surface area contributed by atoms with Gasteiger partial charge >= 0.3 is 0 Å². The lowest BCUT2D eigenvalue weighted by molar-refractivity contribution is -0.0812. The van der Waals surface area contributed by atoms with Crippen LogP contribution in [-0.2, 0) is 22.7 Å². The molecule has 7 heteroatoms. The Hall–Kier alpha value is -1.51. The van der Waals surface area contributed by atoms with Gasteiger partial charge in [0.15, 0.2) is 0 Å². The van der Waals surface area contributed by atoms with Crippen LogP contribution in [0.5, 0.6) is 5.75 Å². The monoisotopic (exact) mass is 419 g/mol. The second-order valence-electron chi connectivity index (χ2n) is 8.04. The Morgan fingerprint density at radius 3 is 2.90 bits per heavy atom. The van der Waals surface area contributed by atoms with Crippen molar-refractivity contribution in [3.8, 4) is 5.75 Å². The minimum atomic E-state index is -0.415. The maximum atomic E-state index is 10.6. The first kappa shape index (κ1) is 20.8. The molecule has 0 spiro atoms. The van der Waals surface area contributed by atoms with Gasteiger partial charge in [-0.1, -0.05) is 6.07 Å². The normalized spacial score (nSPS) is 29.0. The van der Waals surface area contributed by atoms with Gasteiger partial charge in [-0.25, -0.2) is 4.98 Å². The molecule has 1 aliphatic carbocycles. The number of methoxy groups -OCH3 is 1. The van der Waals surface area contributed by atoms with Crippen molar-refractivity contribution in [1.82, 2.24) is 4.98 Å². The highest BCUT2D eigenvalue weighted by Crippen LogP contribution is 2.46. The number of rotatable bonds is 7. The van der Waals surface area contributed by atoms with Gasteiger partial charge in [-0.3, -0.25) is 0 Å². The van der Waals surface area contributed by atoms with Gasteiger partial charge in [-0.05, 0) is 48.9 Å². The lowest BCUT2D eigenvalue weighted by atomic mass is 9.87. The Morgan fingerprint density at radius 2 is 2.17 bits per heavy atom. The molecule has 2 heterocycles. The van der Waals surface area contributed by atoms with E-state index < -0.39 is 6.10 Å². The van der Waals surface area contributed by atoms with Gasteiger partial charge in [0, 0.05) is 24.8 Å². The van der Waals surface area contributed by atoms with Crippen molar-refractivity contribution in [3.63, 3.8) is 0 Å². The van der Waals surface area contributed by atoms with Crippen LogP contribution in [0.25, 0.3) is 0 Å². The zero-order valence-electron chi connectivity index (χ0n) is 16.9. The Balaban J connectivity index is 1.36. The van der Waals surface area contributed by atoms with Crippen LogP contribution >= 0.6 is 11.3 Å². The van der Waals surface area contributed by atoms with Crippen molar-refractivity contribution in [2.75, 3.05) is 13.7 Å². The molecule has 2 aromatic rings. The lowest BCUT2D eigenvalue weighted by Gasteiger charge is -2.33. The van der Waals surface area contributed by atoms with Gasteiger partial charge in [0.2, 0.25) is 0 Å². The van der Waals surface area contributed by atoms with Gasteiger partial charge in [0.25, 0.3) is 0 Å². The van der Waals surface area contributed by atoms with Crippen molar-refractivity contribution in [2.24, 2.45) is 11.8 Å². The highest BCUT2D eigenvalue weighted by atomic mass is 32.1. The summed E-state index contributed by atoms with van der Waals surface area (Å²) in [5.74, 6) is 1.20. The number of aryl methyl sites for hydroxylation is 1. The number of aliphatic hydroxyl groups is 2. The molecule has 2 fully saturated rings. The molecule has 29 heavy (non-hydrogen) atoms. The number of aliphatic hydroxyl groups excluding tert-OH is 2. The van der Waals surface area contributed by atoms with E-state index in [0.29, 0.717) is 31.2 Å². The SMILES string of the molecule is COCc1ccc(OC[C@@H]2[C@H]3CC[C@H](c4nc(CO)cs4)O[C@H]3C[C@H]2O)cc1C. The van der Waals surface area contributed by atoms with Crippen molar-refractivity contribution in [3.05, 3.63) is 45.4 Å². The average Bonchev–Trinajstić information content (AvgIpc) is 3.31. The van der Waals surface area contributed by atoms with E-state index in [2.05, 4.69) is 11.9 Å². The third-order valence-electron chi connectivity index (χ3n) is 6.16. The second-order valence-corrected chi connectivity index (χ2v) is 8.93. The number of hydrogen-bond acceptors (Lipinski definition) is 7. The Labute approximate surface area is 175 Å². The molecule has 1 aromatic carbocycles. The molecule has 5 atom stereocenters. The minimum absolute atomic E-state index is 0.0321. The molecule has 0 bridgehead atoms. The predicted molar refractivity (Wildman–Crippen MR) is 110 cm³/mol. The van der Waals surface area contributed by atoms with Gasteiger partial charge in [0.1, 0.15) is 16.9 Å². The molecule has 2 aliphatic rings. The summed E-state index contributed by atoms with van der Waals surface area (Å²) in [5, 5.41) is 22.7. The number of aromatic nitrogens is 1. The van der Waals surface area contributed by atoms with Crippen molar-refractivity contribution >= 4 is 11.3 Å². The van der Waals surface area contributed by atoms with Gasteiger partial charge in [-0.2, -0.15) is 0 Å². The first-order valence-electron chi connectivity index (χ1n) is 10.2. The van der Waals surface area contributed by atoms with E-state index in [0.717, 1.165) is 34.7 Å². The summed E-state index contributed by atoms with van der Waals surface area (Å²) >= 11 is 1.54. The number of benzene rings is 1. The van der Waals surface area contributed by atoms with Gasteiger partial charge in [0.05, 0.1) is 37.7 Å². The molecule has 0 amide bonds. The fourth-order valence-corrected chi connectivity index (χ4v) is 5.43. The van der Waals surface area contributed by atoms with Crippen LogP contribution < -0.4 is 4.74 Å². The average molecular weight is 420 g/mol. The van der Waals surface area contributed by atoms with E-state index >= 15 is 0 Å². The molecule has 4 rings (SSSR count). The van der Waals surface area contributed by atoms with Crippen LogP contribution in [0.4, 0.5) is 0 Å². The van der Waals surface area contributed by atoms with Gasteiger partial charge < -0.3 is 24.4 Å². The first-order valence-corrected chi connectivity index (χ1v) is 11.1. The smallest absolute Gasteiger partial charge is 0.122 e. The quantitative estimate of drug-likeness (QED) is 0.716. The highest BCUT2D eigenvalue weighted by molar-refractivity contribution is 7.09. The van der Waals surface area contributed by atoms with E-state index in [9.17, 15) is 10.2 Å². The maximum absolute atomic E-state index is 10.6. The van der Waals surface area contributed by atoms with Crippen molar-refractivity contribution < 1.29 is 24.4 Å². The van der Waals surface area contributed by atoms with Crippen LogP contribution in [0.2, 0.25) is 0 Å². The van der Waals surface area contributed by atoms with E-state index in [1.165, 1.54) is 11.3 Å². The van der Waals surface area contributed by atoms with Crippen LogP contribution in [0.1, 0.15) is 47.2 Å². The highest BCUT2D eigenvalue weighted by Gasteiger charge is 2.47. The van der Waals surface area contributed by atoms with E-state index in [-0.39, 0.29) is 24.7 Å². The summed E-state index contributed by atoms with van der Waals surface area (Å²) in [7, 11) is 1.69. The molecule has 1 saturated heterocycles. The second kappa shape index (κ2) is 9.10. The number of nitrogens with zero attached hydrogens (tertiary/aromatic N) is 1. The molecule has 0 radical (unpaired) electrons.